The molecule has 4 atom stereocenters. The van der Waals surface area contributed by atoms with E-state index in [1.807, 2.05) is 4.90 Å². The lowest BCUT2D eigenvalue weighted by molar-refractivity contribution is -0.133. The van der Waals surface area contributed by atoms with Crippen LogP contribution in [0.4, 0.5) is 0 Å². The molecule has 5 fully saturated rings. The molecule has 6 heteroatoms. The Morgan fingerprint density at radius 3 is 2.03 bits per heavy atom. The lowest BCUT2D eigenvalue weighted by Gasteiger charge is -2.26. The van der Waals surface area contributed by atoms with Crippen LogP contribution in [0.5, 0.6) is 0 Å². The first-order valence-electron chi connectivity index (χ1n) is 12.6. The minimum Gasteiger partial charge on any atom is -0.376 e. The third-order valence-corrected chi connectivity index (χ3v) is 8.53. The number of rotatable bonds is 6. The van der Waals surface area contributed by atoms with Gasteiger partial charge in [0.05, 0.1) is 19.1 Å². The van der Waals surface area contributed by atoms with Crippen molar-refractivity contribution < 1.29 is 14.3 Å². The molecule has 0 aromatic carbocycles. The Bertz CT molecular complexity index is 623. The Labute approximate surface area is 181 Å². The van der Waals surface area contributed by atoms with Crippen LogP contribution >= 0.6 is 0 Å². The van der Waals surface area contributed by atoms with Crippen molar-refractivity contribution in [3.8, 4) is 0 Å². The van der Waals surface area contributed by atoms with Crippen LogP contribution in [0.25, 0.3) is 0 Å². The number of carbonyl (C=O) groups excluding carboxylic acids is 2. The van der Waals surface area contributed by atoms with E-state index in [2.05, 4.69) is 9.80 Å². The minimum absolute atomic E-state index is 0.00643. The second-order valence-corrected chi connectivity index (χ2v) is 10.5. The van der Waals surface area contributed by atoms with Crippen LogP contribution in [-0.4, -0.2) is 84.5 Å². The monoisotopic (exact) mass is 417 g/mol. The minimum atomic E-state index is -0.00643. The number of hydrogen-bond donors (Lipinski definition) is 0. The molecule has 0 radical (unpaired) electrons. The number of nitrogens with zero attached hydrogens (tertiary/aromatic N) is 3. The van der Waals surface area contributed by atoms with E-state index in [-0.39, 0.29) is 12.0 Å². The summed E-state index contributed by atoms with van der Waals surface area (Å²) >= 11 is 0. The quantitative estimate of drug-likeness (QED) is 0.666. The number of amides is 2. The van der Waals surface area contributed by atoms with Gasteiger partial charge in [0, 0.05) is 57.6 Å². The van der Waals surface area contributed by atoms with Crippen LogP contribution in [0.15, 0.2) is 0 Å². The smallest absolute Gasteiger partial charge is 0.225 e. The summed E-state index contributed by atoms with van der Waals surface area (Å²) in [6.45, 7) is 6.59. The van der Waals surface area contributed by atoms with Gasteiger partial charge >= 0.3 is 0 Å². The van der Waals surface area contributed by atoms with Crippen LogP contribution in [0.3, 0.4) is 0 Å². The summed E-state index contributed by atoms with van der Waals surface area (Å²) in [4.78, 5) is 32.5. The fourth-order valence-corrected chi connectivity index (χ4v) is 6.93. The fraction of sp³-hybridized carbons (Fsp3) is 0.917. The van der Waals surface area contributed by atoms with Gasteiger partial charge in [-0.3, -0.25) is 14.5 Å². The lowest BCUT2D eigenvalue weighted by Crippen LogP contribution is -2.37. The van der Waals surface area contributed by atoms with Gasteiger partial charge in [0.25, 0.3) is 0 Å². The molecule has 4 saturated heterocycles. The van der Waals surface area contributed by atoms with E-state index >= 15 is 0 Å². The van der Waals surface area contributed by atoms with Gasteiger partial charge in [-0.05, 0) is 50.4 Å². The molecule has 5 aliphatic rings. The Hall–Kier alpha value is -1.14. The van der Waals surface area contributed by atoms with Gasteiger partial charge in [-0.2, -0.15) is 0 Å². The van der Waals surface area contributed by atoms with Crippen LogP contribution < -0.4 is 0 Å². The van der Waals surface area contributed by atoms with E-state index in [0.29, 0.717) is 36.6 Å². The second-order valence-electron chi connectivity index (χ2n) is 10.5. The lowest BCUT2D eigenvalue weighted by atomic mass is 9.84. The highest BCUT2D eigenvalue weighted by Crippen LogP contribution is 2.43. The molecule has 4 aliphatic heterocycles. The van der Waals surface area contributed by atoms with E-state index in [9.17, 15) is 9.59 Å². The van der Waals surface area contributed by atoms with E-state index in [1.54, 1.807) is 0 Å². The summed E-state index contributed by atoms with van der Waals surface area (Å²) in [6, 6.07) is 0.401. The highest BCUT2D eigenvalue weighted by molar-refractivity contribution is 5.78. The summed E-state index contributed by atoms with van der Waals surface area (Å²) in [6.07, 6.45) is 11.1. The number of hydrogen-bond acceptors (Lipinski definition) is 4. The Morgan fingerprint density at radius 1 is 0.800 bits per heavy atom. The SMILES string of the molecule is O=C(C[C@@H]1CN(CC2CCCC2)[C@@H]2CO[C@@H](CC(=O)N3CCCC3)[C@H]12)N1CCCC1. The molecule has 0 spiro atoms. The number of likely N-dealkylation sites (tertiary alicyclic amines) is 3. The van der Waals surface area contributed by atoms with E-state index < -0.39 is 0 Å². The van der Waals surface area contributed by atoms with E-state index in [4.69, 9.17) is 4.74 Å². The molecule has 0 unspecified atom stereocenters. The highest BCUT2D eigenvalue weighted by Gasteiger charge is 2.52. The third-order valence-electron chi connectivity index (χ3n) is 8.53. The van der Waals surface area contributed by atoms with Gasteiger partial charge in [0.2, 0.25) is 11.8 Å². The molecular weight excluding hydrogens is 378 g/mol. The van der Waals surface area contributed by atoms with Gasteiger partial charge in [0.1, 0.15) is 0 Å². The molecule has 4 heterocycles. The van der Waals surface area contributed by atoms with Crippen LogP contribution in [0, 0.1) is 17.8 Å². The van der Waals surface area contributed by atoms with Gasteiger partial charge in [-0.1, -0.05) is 12.8 Å². The summed E-state index contributed by atoms with van der Waals surface area (Å²) < 4.78 is 6.27. The molecule has 1 saturated carbocycles. The molecule has 0 aromatic heterocycles. The zero-order chi connectivity index (χ0) is 20.5. The summed E-state index contributed by atoms with van der Waals surface area (Å²) in [5, 5.41) is 0. The van der Waals surface area contributed by atoms with Crippen molar-refractivity contribution in [2.24, 2.45) is 17.8 Å². The fourth-order valence-electron chi connectivity index (χ4n) is 6.93. The maximum absolute atomic E-state index is 13.0. The van der Waals surface area contributed by atoms with Crippen molar-refractivity contribution in [2.75, 3.05) is 45.9 Å². The summed E-state index contributed by atoms with van der Waals surface area (Å²) in [5.74, 6) is 2.07. The molecule has 0 bridgehead atoms. The molecule has 5 rings (SSSR count). The topological polar surface area (TPSA) is 53.1 Å². The molecule has 6 nitrogen and oxygen atoms in total. The second kappa shape index (κ2) is 9.15. The predicted octanol–water partition coefficient (Wildman–Crippen LogP) is 2.52. The van der Waals surface area contributed by atoms with Gasteiger partial charge in [-0.15, -0.1) is 0 Å². The van der Waals surface area contributed by atoms with Crippen LogP contribution in [0.2, 0.25) is 0 Å². The van der Waals surface area contributed by atoms with Gasteiger partial charge in [0.15, 0.2) is 0 Å². The molecule has 0 aromatic rings. The molecule has 1 aliphatic carbocycles. The third kappa shape index (κ3) is 4.27. The van der Waals surface area contributed by atoms with Gasteiger partial charge in [-0.25, -0.2) is 0 Å². The van der Waals surface area contributed by atoms with Crippen LogP contribution in [-0.2, 0) is 14.3 Å². The standard InChI is InChI=1S/C24H39N3O3/c28-22(25-9-3-4-10-25)13-19-16-27(15-18-7-1-2-8-18)20-17-30-21(24(19)20)14-23(29)26-11-5-6-12-26/h18-21,24H,1-17H2/t19-,20-,21+,24-/m1/s1. The largest absolute Gasteiger partial charge is 0.376 e. The van der Waals surface area contributed by atoms with Crippen molar-refractivity contribution in [3.63, 3.8) is 0 Å². The zero-order valence-corrected chi connectivity index (χ0v) is 18.5. The summed E-state index contributed by atoms with van der Waals surface area (Å²) in [5.41, 5.74) is 0. The summed E-state index contributed by atoms with van der Waals surface area (Å²) in [7, 11) is 0. The van der Waals surface area contributed by atoms with Crippen molar-refractivity contribution in [3.05, 3.63) is 0 Å². The van der Waals surface area contributed by atoms with Gasteiger partial charge < -0.3 is 14.5 Å². The zero-order valence-electron chi connectivity index (χ0n) is 18.5. The molecule has 2 amide bonds. The Kier molecular flexibility index (Phi) is 6.33. The van der Waals surface area contributed by atoms with E-state index in [1.165, 1.54) is 25.7 Å². The molecular formula is C24H39N3O3. The van der Waals surface area contributed by atoms with Crippen molar-refractivity contribution in [2.45, 2.75) is 76.4 Å². The Balaban J connectivity index is 1.27. The maximum Gasteiger partial charge on any atom is 0.225 e. The van der Waals surface area contributed by atoms with Crippen molar-refractivity contribution in [1.82, 2.24) is 14.7 Å². The first-order chi connectivity index (χ1) is 14.7. The predicted molar refractivity (Wildman–Crippen MR) is 115 cm³/mol. The van der Waals surface area contributed by atoms with Crippen LogP contribution in [0.1, 0.15) is 64.2 Å². The van der Waals surface area contributed by atoms with E-state index in [0.717, 1.165) is 77.5 Å². The molecule has 0 N–H and O–H groups in total. The normalized spacial score (nSPS) is 34.9. The maximum atomic E-state index is 13.0. The van der Waals surface area contributed by atoms with Crippen molar-refractivity contribution >= 4 is 11.8 Å². The first kappa shape index (κ1) is 20.7. The first-order valence-corrected chi connectivity index (χ1v) is 12.6. The molecule has 168 valence electrons. The Morgan fingerprint density at radius 2 is 1.40 bits per heavy atom. The number of fused-ring (bicyclic) bond motifs is 1. The number of carbonyl (C=O) groups is 2. The average molecular weight is 418 g/mol. The average Bonchev–Trinajstić information content (AvgIpc) is 3.55. The number of ether oxygens (including phenoxy) is 1. The molecule has 30 heavy (non-hydrogen) atoms. The highest BCUT2D eigenvalue weighted by atomic mass is 16.5. The van der Waals surface area contributed by atoms with Crippen molar-refractivity contribution in [1.29, 1.82) is 0 Å².